The van der Waals surface area contributed by atoms with Gasteiger partial charge < -0.3 is 19.5 Å². The van der Waals surface area contributed by atoms with E-state index >= 15 is 0 Å². The molecule has 1 unspecified atom stereocenters. The Hall–Kier alpha value is -2.34. The fraction of sp³-hybridized carbons (Fsp3) is 0.444. The number of ether oxygens (including phenoxy) is 3. The van der Waals surface area contributed by atoms with Crippen LogP contribution in [-0.2, 0) is 11.3 Å². The molecule has 0 spiro atoms. The molecule has 1 atom stereocenters. The lowest BCUT2D eigenvalue weighted by atomic mass is 9.98. The lowest BCUT2D eigenvalue weighted by Crippen LogP contribution is -2.11. The Bertz CT molecular complexity index is 682. The van der Waals surface area contributed by atoms with E-state index in [0.29, 0.717) is 37.4 Å². The van der Waals surface area contributed by atoms with Gasteiger partial charge in [-0.1, -0.05) is 18.2 Å². The molecule has 1 aliphatic rings. The summed E-state index contributed by atoms with van der Waals surface area (Å²) in [5.74, 6) is 1.88. The van der Waals surface area contributed by atoms with Gasteiger partial charge in [-0.15, -0.1) is 0 Å². The van der Waals surface area contributed by atoms with Crippen LogP contribution in [0.4, 0.5) is 5.69 Å². The number of nitrogens with one attached hydrogen (secondary N) is 1. The molecule has 2 heterocycles. The van der Waals surface area contributed by atoms with Crippen LogP contribution in [0.2, 0.25) is 0 Å². The van der Waals surface area contributed by atoms with Gasteiger partial charge in [-0.05, 0) is 19.4 Å². The molecule has 6 nitrogen and oxygen atoms in total. The Morgan fingerprint density at radius 1 is 1.12 bits per heavy atom. The summed E-state index contributed by atoms with van der Waals surface area (Å²) in [7, 11) is 1.70. The van der Waals surface area contributed by atoms with Gasteiger partial charge in [-0.3, -0.25) is 0 Å². The fourth-order valence-corrected chi connectivity index (χ4v) is 2.97. The summed E-state index contributed by atoms with van der Waals surface area (Å²) in [4.78, 5) is 9.15. The van der Waals surface area contributed by atoms with Gasteiger partial charge in [0.25, 0.3) is 0 Å². The second kappa shape index (κ2) is 7.49. The molecular formula is C18H23N3O3. The normalized spacial score (nSPS) is 15.7. The zero-order valence-electron chi connectivity index (χ0n) is 14.3. The van der Waals surface area contributed by atoms with Crippen molar-refractivity contribution in [2.24, 2.45) is 0 Å². The summed E-state index contributed by atoms with van der Waals surface area (Å²) in [5.41, 5.74) is 3.44. The van der Waals surface area contributed by atoms with Crippen molar-refractivity contribution in [1.82, 2.24) is 9.97 Å². The largest absolute Gasteiger partial charge is 0.478 e. The highest BCUT2D eigenvalue weighted by Gasteiger charge is 2.28. The topological polar surface area (TPSA) is 65.5 Å². The molecule has 1 aromatic heterocycles. The highest BCUT2D eigenvalue weighted by Crippen LogP contribution is 2.38. The molecule has 0 fully saturated rings. The first kappa shape index (κ1) is 16.5. The van der Waals surface area contributed by atoms with Gasteiger partial charge in [0, 0.05) is 24.9 Å². The maximum atomic E-state index is 5.57. The number of fused-ring (bicyclic) bond motifs is 1. The number of methoxy groups -OCH3 is 1. The zero-order chi connectivity index (χ0) is 16.9. The summed E-state index contributed by atoms with van der Waals surface area (Å²) < 4.78 is 16.4. The van der Waals surface area contributed by atoms with Crippen LogP contribution in [0, 0.1) is 0 Å². The van der Waals surface area contributed by atoms with Gasteiger partial charge in [-0.25, -0.2) is 0 Å². The second-order valence-electron chi connectivity index (χ2n) is 5.52. The van der Waals surface area contributed by atoms with Gasteiger partial charge in [-0.2, -0.15) is 9.97 Å². The summed E-state index contributed by atoms with van der Waals surface area (Å²) in [6.45, 7) is 6.31. The van der Waals surface area contributed by atoms with Crippen molar-refractivity contribution in [3.05, 3.63) is 41.2 Å². The number of para-hydroxylation sites is 1. The molecular weight excluding hydrogens is 306 g/mol. The van der Waals surface area contributed by atoms with E-state index < -0.39 is 0 Å². The third kappa shape index (κ3) is 3.28. The molecule has 1 aliphatic heterocycles. The van der Waals surface area contributed by atoms with E-state index in [1.54, 1.807) is 13.2 Å². The molecule has 0 saturated carbocycles. The van der Waals surface area contributed by atoms with Crippen molar-refractivity contribution in [3.8, 4) is 11.8 Å². The van der Waals surface area contributed by atoms with Crippen molar-refractivity contribution >= 4 is 5.69 Å². The lowest BCUT2D eigenvalue weighted by molar-refractivity contribution is 0.185. The maximum absolute atomic E-state index is 5.57. The van der Waals surface area contributed by atoms with Crippen LogP contribution in [0.25, 0.3) is 0 Å². The molecule has 1 aromatic carbocycles. The smallest absolute Gasteiger partial charge is 0.220 e. The Morgan fingerprint density at radius 2 is 1.83 bits per heavy atom. The first-order valence-electron chi connectivity index (χ1n) is 8.26. The Labute approximate surface area is 142 Å². The van der Waals surface area contributed by atoms with Gasteiger partial charge in [0.05, 0.1) is 31.8 Å². The highest BCUT2D eigenvalue weighted by molar-refractivity contribution is 5.64. The van der Waals surface area contributed by atoms with Gasteiger partial charge in [0.2, 0.25) is 11.8 Å². The van der Waals surface area contributed by atoms with Crippen molar-refractivity contribution in [1.29, 1.82) is 0 Å². The predicted octanol–water partition coefficient (Wildman–Crippen LogP) is 2.98. The van der Waals surface area contributed by atoms with Gasteiger partial charge in [0.15, 0.2) is 0 Å². The first-order chi connectivity index (χ1) is 11.8. The van der Waals surface area contributed by atoms with E-state index in [9.17, 15) is 0 Å². The molecule has 0 radical (unpaired) electrons. The number of nitrogens with zero attached hydrogens (tertiary/aromatic N) is 2. The fourth-order valence-electron chi connectivity index (χ4n) is 2.97. The maximum Gasteiger partial charge on any atom is 0.220 e. The molecule has 128 valence electrons. The number of aromatic nitrogens is 2. The lowest BCUT2D eigenvalue weighted by Gasteiger charge is -2.13. The van der Waals surface area contributed by atoms with Crippen LogP contribution in [-0.4, -0.2) is 36.8 Å². The van der Waals surface area contributed by atoms with Crippen LogP contribution in [0.3, 0.4) is 0 Å². The minimum Gasteiger partial charge on any atom is -0.478 e. The van der Waals surface area contributed by atoms with Crippen molar-refractivity contribution in [2.45, 2.75) is 26.4 Å². The Morgan fingerprint density at radius 3 is 2.46 bits per heavy atom. The minimum absolute atomic E-state index is 0.0661. The number of anilines is 1. The van der Waals surface area contributed by atoms with Crippen LogP contribution in [0.1, 0.15) is 36.7 Å². The van der Waals surface area contributed by atoms with Crippen LogP contribution >= 0.6 is 0 Å². The minimum atomic E-state index is 0.0661. The standard InChI is InChI=1S/C18H23N3O3/c1-4-23-15-9-16(24-5-2)21-18(20-15)14-10-19-17-12(11-22-3)7-6-8-13(14)17/h6-9,14,19H,4-5,10-11H2,1-3H3. The number of benzene rings is 1. The predicted molar refractivity (Wildman–Crippen MR) is 91.9 cm³/mol. The SMILES string of the molecule is CCOc1cc(OCC)nc(C2CNc3c(COC)cccc32)n1. The summed E-state index contributed by atoms with van der Waals surface area (Å²) in [5, 5.41) is 3.46. The zero-order valence-corrected chi connectivity index (χ0v) is 14.3. The molecule has 24 heavy (non-hydrogen) atoms. The van der Waals surface area contributed by atoms with E-state index in [2.05, 4.69) is 27.4 Å². The van der Waals surface area contributed by atoms with Gasteiger partial charge in [0.1, 0.15) is 5.82 Å². The number of rotatable bonds is 7. The molecule has 0 amide bonds. The van der Waals surface area contributed by atoms with E-state index in [4.69, 9.17) is 14.2 Å². The molecule has 0 saturated heterocycles. The van der Waals surface area contributed by atoms with Crippen LogP contribution < -0.4 is 14.8 Å². The van der Waals surface area contributed by atoms with E-state index in [0.717, 1.165) is 17.8 Å². The van der Waals surface area contributed by atoms with Crippen molar-refractivity contribution in [2.75, 3.05) is 32.2 Å². The highest BCUT2D eigenvalue weighted by atomic mass is 16.5. The molecule has 3 rings (SSSR count). The van der Waals surface area contributed by atoms with Crippen molar-refractivity contribution < 1.29 is 14.2 Å². The average molecular weight is 329 g/mol. The third-order valence-corrected chi connectivity index (χ3v) is 3.93. The summed E-state index contributed by atoms with van der Waals surface area (Å²) in [6.07, 6.45) is 0. The van der Waals surface area contributed by atoms with E-state index in [1.165, 1.54) is 5.56 Å². The second-order valence-corrected chi connectivity index (χ2v) is 5.52. The molecule has 2 aromatic rings. The Kier molecular flexibility index (Phi) is 5.15. The molecule has 6 heteroatoms. The monoisotopic (exact) mass is 329 g/mol. The van der Waals surface area contributed by atoms with Crippen LogP contribution in [0.15, 0.2) is 24.3 Å². The Balaban J connectivity index is 1.98. The average Bonchev–Trinajstić information content (AvgIpc) is 3.01. The van der Waals surface area contributed by atoms with Gasteiger partial charge >= 0.3 is 0 Å². The summed E-state index contributed by atoms with van der Waals surface area (Å²) in [6, 6.07) is 7.96. The van der Waals surface area contributed by atoms with Crippen LogP contribution in [0.5, 0.6) is 11.8 Å². The number of hydrogen-bond acceptors (Lipinski definition) is 6. The first-order valence-corrected chi connectivity index (χ1v) is 8.26. The molecule has 0 aliphatic carbocycles. The third-order valence-electron chi connectivity index (χ3n) is 3.93. The summed E-state index contributed by atoms with van der Waals surface area (Å²) >= 11 is 0. The van der Waals surface area contributed by atoms with Crippen molar-refractivity contribution in [3.63, 3.8) is 0 Å². The molecule has 0 bridgehead atoms. The van der Waals surface area contributed by atoms with E-state index in [-0.39, 0.29) is 5.92 Å². The number of hydrogen-bond donors (Lipinski definition) is 1. The quantitative estimate of drug-likeness (QED) is 0.842. The van der Waals surface area contributed by atoms with E-state index in [1.807, 2.05) is 19.9 Å². The molecule has 1 N–H and O–H groups in total.